The van der Waals surface area contributed by atoms with E-state index >= 15 is 0 Å². The van der Waals surface area contributed by atoms with Crippen molar-refractivity contribution in [2.45, 2.75) is 0 Å². The topological polar surface area (TPSA) is 13.1 Å². The molecule has 0 aromatic carbocycles. The molecule has 0 aliphatic carbocycles. The summed E-state index contributed by atoms with van der Waals surface area (Å²) in [7, 11) is 0. The van der Waals surface area contributed by atoms with E-state index in [1.807, 2.05) is 12.1 Å². The fourth-order valence-electron chi connectivity index (χ4n) is 0.227. The third kappa shape index (κ3) is 1.35. The molecule has 2 heteroatoms. The Morgan fingerprint density at radius 1 is 1.00 bits per heavy atom. The third-order valence-corrected chi connectivity index (χ3v) is 0.425. The van der Waals surface area contributed by atoms with E-state index in [1.54, 1.807) is 12.5 Å². The van der Waals surface area contributed by atoms with E-state index < -0.39 is 0 Å². The fraction of sp³-hybridized carbons (Fsp3) is 0. The van der Waals surface area contributed by atoms with Crippen LogP contribution in [-0.4, -0.2) is 18.9 Å². The summed E-state index contributed by atoms with van der Waals surface area (Å²) in [5, 5.41) is 0. The van der Waals surface area contributed by atoms with Crippen LogP contribution in [0.25, 0.3) is 0 Å². The maximum Gasteiger partial charge on any atom is 0.0902 e. The van der Waals surface area contributed by atoms with E-state index in [0.29, 0.717) is 0 Å². The average Bonchev–Trinajstić information content (AvgIpc) is 1.76. The van der Waals surface area contributed by atoms with Gasteiger partial charge in [0, 0.05) is 0 Å². The molecule has 1 nitrogen and oxygen atoms in total. The van der Waals surface area contributed by atoms with E-state index in [1.165, 1.54) is 0 Å². The molecule has 1 heterocycles. The van der Waals surface area contributed by atoms with Crippen LogP contribution in [0.1, 0.15) is 0 Å². The van der Waals surface area contributed by atoms with E-state index in [-0.39, 0.29) is 18.9 Å². The maximum absolute atomic E-state index is 4.58. The van der Waals surface area contributed by atoms with Gasteiger partial charge in [0.15, 0.2) is 0 Å². The molecule has 1 aromatic heterocycles. The summed E-state index contributed by atoms with van der Waals surface area (Å²) in [6.45, 7) is 0. The van der Waals surface area contributed by atoms with Gasteiger partial charge in [-0.15, -0.1) is 0 Å². The Balaban J connectivity index is 0.000000250. The first kappa shape index (κ1) is 5.88. The molecule has 0 aliphatic heterocycles. The molecule has 0 N–H and O–H groups in total. The van der Waals surface area contributed by atoms with Gasteiger partial charge in [0.25, 0.3) is 0 Å². The first-order valence-corrected chi connectivity index (χ1v) is 1.47. The second-order valence-corrected chi connectivity index (χ2v) is 0.793. The minimum atomic E-state index is 0. The predicted octanol–water partition coefficient (Wildman–Crippen LogP) is 0.631. The van der Waals surface area contributed by atoms with Gasteiger partial charge in [-0.1, -0.05) is 0 Å². The van der Waals surface area contributed by atoms with Crippen LogP contribution >= 0.6 is 0 Å². The van der Waals surface area contributed by atoms with E-state index in [0.717, 1.165) is 0 Å². The molecule has 1 rings (SSSR count). The Bertz CT molecular complexity index is 64.0. The van der Waals surface area contributed by atoms with Gasteiger partial charge in [-0.2, -0.15) is 0 Å². The van der Waals surface area contributed by atoms with Gasteiger partial charge in [-0.25, -0.2) is 0 Å². The van der Waals surface area contributed by atoms with Crippen molar-refractivity contribution >= 4 is 18.9 Å². The van der Waals surface area contributed by atoms with Crippen molar-refractivity contribution in [3.63, 3.8) is 0 Å². The van der Waals surface area contributed by atoms with Crippen LogP contribution in [0.3, 0.4) is 0 Å². The summed E-state index contributed by atoms with van der Waals surface area (Å²) in [6, 6.07) is 3.67. The maximum atomic E-state index is 4.58. The van der Waals surface area contributed by atoms with E-state index in [2.05, 4.69) is 4.42 Å². The molecular weight excluding hydrogens is 71.0 g/mol. The number of hydrogen-bond donors (Lipinski definition) is 0. The molecule has 0 saturated heterocycles. The summed E-state index contributed by atoms with van der Waals surface area (Å²) in [4.78, 5) is 0. The molecule has 0 atom stereocenters. The molecule has 0 saturated carbocycles. The second-order valence-electron chi connectivity index (χ2n) is 0.793. The summed E-state index contributed by atoms with van der Waals surface area (Å²) >= 11 is 0. The van der Waals surface area contributed by atoms with Crippen molar-refractivity contribution in [2.24, 2.45) is 0 Å². The van der Waals surface area contributed by atoms with Gasteiger partial charge in [-0.3, -0.25) is 0 Å². The third-order valence-electron chi connectivity index (χ3n) is 0.425. The van der Waals surface area contributed by atoms with Crippen LogP contribution in [0.2, 0.25) is 0 Å². The number of rotatable bonds is 0. The van der Waals surface area contributed by atoms with Crippen LogP contribution in [0.15, 0.2) is 29.1 Å². The Kier molecular flexibility index (Phi) is 3.02. The molecule has 0 radical (unpaired) electrons. The quantitative estimate of drug-likeness (QED) is 0.413. The van der Waals surface area contributed by atoms with E-state index in [9.17, 15) is 0 Å². The van der Waals surface area contributed by atoms with Crippen LogP contribution in [0.4, 0.5) is 0 Å². The molecule has 0 aliphatic rings. The largest absolute Gasteiger partial charge is 0.473 e. The molecule has 0 fully saturated rings. The van der Waals surface area contributed by atoms with Crippen molar-refractivity contribution in [1.29, 1.82) is 0 Å². The standard InChI is InChI=1S/C4H4O.Li.H/c1-2-4-5-3-1;;/h1-4H;;. The van der Waals surface area contributed by atoms with E-state index in [4.69, 9.17) is 0 Å². The minimum Gasteiger partial charge on any atom is -0.473 e. The fourth-order valence-corrected chi connectivity index (χ4v) is 0.227. The normalized spacial score (nSPS) is 6.67. The molecule has 0 bridgehead atoms. The summed E-state index contributed by atoms with van der Waals surface area (Å²) in [5.74, 6) is 0. The molecule has 0 unspecified atom stereocenters. The van der Waals surface area contributed by atoms with Gasteiger partial charge >= 0.3 is 18.9 Å². The predicted molar refractivity (Wildman–Crippen MR) is 25.9 cm³/mol. The summed E-state index contributed by atoms with van der Waals surface area (Å²) in [5.41, 5.74) is 0. The number of furan rings is 1. The SMILES string of the molecule is [LiH].c1ccoc1. The number of hydrogen-bond acceptors (Lipinski definition) is 1. The average molecular weight is 76.0 g/mol. The molecule has 6 heavy (non-hydrogen) atoms. The van der Waals surface area contributed by atoms with Gasteiger partial charge in [0.05, 0.1) is 12.5 Å². The smallest absolute Gasteiger partial charge is 0.0902 e. The first-order valence-electron chi connectivity index (χ1n) is 1.47. The van der Waals surface area contributed by atoms with Crippen LogP contribution < -0.4 is 0 Å². The Morgan fingerprint density at radius 2 is 1.50 bits per heavy atom. The molecule has 1 aromatic rings. The van der Waals surface area contributed by atoms with Crippen molar-refractivity contribution < 1.29 is 4.42 Å². The van der Waals surface area contributed by atoms with Crippen molar-refractivity contribution in [1.82, 2.24) is 0 Å². The zero-order chi connectivity index (χ0) is 3.54. The Morgan fingerprint density at radius 3 is 1.67 bits per heavy atom. The molecule has 28 valence electrons. The Hall–Kier alpha value is -0.123. The van der Waals surface area contributed by atoms with Gasteiger partial charge in [0.2, 0.25) is 0 Å². The summed E-state index contributed by atoms with van der Waals surface area (Å²) in [6.07, 6.45) is 3.25. The molecular formula is C4H5LiO. The monoisotopic (exact) mass is 76.1 g/mol. The second kappa shape index (κ2) is 3.08. The zero-order valence-corrected chi connectivity index (χ0v) is 2.72. The molecule has 0 spiro atoms. The van der Waals surface area contributed by atoms with Crippen molar-refractivity contribution in [2.75, 3.05) is 0 Å². The first-order chi connectivity index (χ1) is 2.50. The summed E-state index contributed by atoms with van der Waals surface area (Å²) < 4.78 is 4.58. The Labute approximate surface area is 48.5 Å². The van der Waals surface area contributed by atoms with Crippen molar-refractivity contribution in [3.8, 4) is 0 Å². The zero-order valence-electron chi connectivity index (χ0n) is 2.72. The van der Waals surface area contributed by atoms with Gasteiger partial charge in [-0.05, 0) is 12.1 Å². The van der Waals surface area contributed by atoms with Crippen LogP contribution in [0, 0.1) is 0 Å². The molecule has 0 amide bonds. The van der Waals surface area contributed by atoms with Crippen molar-refractivity contribution in [3.05, 3.63) is 24.7 Å². The van der Waals surface area contributed by atoms with Gasteiger partial charge < -0.3 is 4.42 Å². The minimum absolute atomic E-state index is 0. The van der Waals surface area contributed by atoms with Crippen LogP contribution in [0.5, 0.6) is 0 Å². The van der Waals surface area contributed by atoms with Crippen LogP contribution in [-0.2, 0) is 0 Å². The van der Waals surface area contributed by atoms with Gasteiger partial charge in [0.1, 0.15) is 0 Å².